The minimum absolute atomic E-state index is 0.172. The fourth-order valence-corrected chi connectivity index (χ4v) is 4.60. The summed E-state index contributed by atoms with van der Waals surface area (Å²) >= 11 is 2.06. The molecule has 0 aliphatic carbocycles. The Morgan fingerprint density at radius 1 is 1.44 bits per heavy atom. The summed E-state index contributed by atoms with van der Waals surface area (Å²) in [5.41, 5.74) is 6.65. The minimum atomic E-state index is 0.172. The second-order valence-electron chi connectivity index (χ2n) is 5.79. The van der Waals surface area contributed by atoms with Crippen molar-refractivity contribution < 1.29 is 0 Å². The molecular weight excluding hydrogens is 216 g/mol. The van der Waals surface area contributed by atoms with Crippen molar-refractivity contribution in [1.29, 1.82) is 0 Å². The van der Waals surface area contributed by atoms with Crippen LogP contribution >= 0.6 is 11.8 Å². The normalized spacial score (nSPS) is 31.7. The fraction of sp³-hybridized carbons (Fsp3) is 1.00. The number of thioether (sulfide) groups is 1. The van der Waals surface area contributed by atoms with E-state index in [1.54, 1.807) is 0 Å². The lowest BCUT2D eigenvalue weighted by atomic mass is 9.69. The molecule has 96 valence electrons. The van der Waals surface area contributed by atoms with E-state index in [0.717, 1.165) is 6.54 Å². The van der Waals surface area contributed by atoms with Crippen LogP contribution in [0.2, 0.25) is 0 Å². The summed E-state index contributed by atoms with van der Waals surface area (Å²) in [6.07, 6.45) is 2.47. The maximum atomic E-state index is 6.15. The third kappa shape index (κ3) is 2.27. The molecule has 16 heavy (non-hydrogen) atoms. The molecule has 2 N–H and O–H groups in total. The molecule has 1 aliphatic heterocycles. The quantitative estimate of drug-likeness (QED) is 0.824. The van der Waals surface area contributed by atoms with E-state index in [0.29, 0.717) is 11.5 Å². The van der Waals surface area contributed by atoms with Gasteiger partial charge in [-0.2, -0.15) is 11.8 Å². The molecule has 2 unspecified atom stereocenters. The van der Waals surface area contributed by atoms with Crippen LogP contribution in [0.15, 0.2) is 0 Å². The molecule has 0 radical (unpaired) electrons. The molecule has 0 aromatic carbocycles. The van der Waals surface area contributed by atoms with Gasteiger partial charge in [0.1, 0.15) is 0 Å². The first-order chi connectivity index (χ1) is 7.41. The van der Waals surface area contributed by atoms with Gasteiger partial charge < -0.3 is 5.73 Å². The van der Waals surface area contributed by atoms with Gasteiger partial charge in [-0.05, 0) is 38.0 Å². The summed E-state index contributed by atoms with van der Waals surface area (Å²) < 4.78 is 0. The van der Waals surface area contributed by atoms with E-state index in [-0.39, 0.29) is 5.54 Å². The molecule has 1 fully saturated rings. The number of nitrogens with zero attached hydrogens (tertiary/aromatic N) is 1. The standard InChI is InChI=1S/C13H28N2S/c1-6-11(2)15(5)13(9-14)10-16-8-7-12(13,3)4/h11H,6-10,14H2,1-5H3. The highest BCUT2D eigenvalue weighted by atomic mass is 32.2. The lowest BCUT2D eigenvalue weighted by molar-refractivity contribution is -0.00497. The summed E-state index contributed by atoms with van der Waals surface area (Å²) in [5, 5.41) is 0. The van der Waals surface area contributed by atoms with Crippen LogP contribution in [-0.2, 0) is 0 Å². The zero-order chi connectivity index (χ0) is 12.4. The Labute approximate surface area is 105 Å². The van der Waals surface area contributed by atoms with E-state index in [1.165, 1.54) is 24.3 Å². The molecule has 1 heterocycles. The second kappa shape index (κ2) is 5.28. The molecule has 0 saturated carbocycles. The number of rotatable bonds is 4. The van der Waals surface area contributed by atoms with E-state index in [1.807, 2.05) is 0 Å². The minimum Gasteiger partial charge on any atom is -0.329 e. The average molecular weight is 244 g/mol. The van der Waals surface area contributed by atoms with Crippen molar-refractivity contribution in [3.8, 4) is 0 Å². The molecule has 0 bridgehead atoms. The van der Waals surface area contributed by atoms with Gasteiger partial charge in [-0.15, -0.1) is 0 Å². The molecule has 1 saturated heterocycles. The Hall–Kier alpha value is 0.270. The van der Waals surface area contributed by atoms with Crippen LogP contribution in [0.25, 0.3) is 0 Å². The number of hydrogen-bond acceptors (Lipinski definition) is 3. The van der Waals surface area contributed by atoms with Gasteiger partial charge in [0.2, 0.25) is 0 Å². The van der Waals surface area contributed by atoms with Crippen molar-refractivity contribution in [3.05, 3.63) is 0 Å². The summed E-state index contributed by atoms with van der Waals surface area (Å²) in [6.45, 7) is 10.1. The molecular formula is C13H28N2S. The molecule has 0 spiro atoms. The van der Waals surface area contributed by atoms with Crippen LogP contribution in [0.1, 0.15) is 40.5 Å². The number of likely N-dealkylation sites (N-methyl/N-ethyl adjacent to an activating group) is 1. The number of hydrogen-bond donors (Lipinski definition) is 1. The largest absolute Gasteiger partial charge is 0.329 e. The first kappa shape index (κ1) is 14.3. The van der Waals surface area contributed by atoms with Crippen LogP contribution in [-0.4, -0.2) is 41.6 Å². The van der Waals surface area contributed by atoms with Crippen molar-refractivity contribution >= 4 is 11.8 Å². The van der Waals surface area contributed by atoms with Gasteiger partial charge in [0.15, 0.2) is 0 Å². The highest BCUT2D eigenvalue weighted by molar-refractivity contribution is 7.99. The third-order valence-corrected chi connectivity index (χ3v) is 5.91. The molecule has 0 aromatic rings. The average Bonchev–Trinajstić information content (AvgIpc) is 2.27. The van der Waals surface area contributed by atoms with Gasteiger partial charge in [-0.3, -0.25) is 4.90 Å². The maximum Gasteiger partial charge on any atom is 0.0472 e. The van der Waals surface area contributed by atoms with Crippen molar-refractivity contribution in [3.63, 3.8) is 0 Å². The van der Waals surface area contributed by atoms with E-state index in [4.69, 9.17) is 5.73 Å². The van der Waals surface area contributed by atoms with Gasteiger partial charge in [0, 0.05) is 23.9 Å². The molecule has 0 amide bonds. The Bertz CT molecular complexity index is 230. The molecule has 1 rings (SSSR count). The van der Waals surface area contributed by atoms with Gasteiger partial charge >= 0.3 is 0 Å². The Morgan fingerprint density at radius 3 is 2.50 bits per heavy atom. The third-order valence-electron chi connectivity index (χ3n) is 4.74. The summed E-state index contributed by atoms with van der Waals surface area (Å²) in [6, 6.07) is 0.613. The zero-order valence-corrected chi connectivity index (χ0v) is 12.4. The van der Waals surface area contributed by atoms with Crippen LogP contribution < -0.4 is 5.73 Å². The van der Waals surface area contributed by atoms with Gasteiger partial charge in [-0.1, -0.05) is 20.8 Å². The molecule has 2 atom stereocenters. The predicted octanol–water partition coefficient (Wildman–Crippen LogP) is 2.58. The molecule has 2 nitrogen and oxygen atoms in total. The lowest BCUT2D eigenvalue weighted by Gasteiger charge is -2.56. The first-order valence-corrected chi connectivity index (χ1v) is 7.57. The Kier molecular flexibility index (Phi) is 4.73. The van der Waals surface area contributed by atoms with Crippen LogP contribution in [0.4, 0.5) is 0 Å². The van der Waals surface area contributed by atoms with Crippen molar-refractivity contribution in [2.75, 3.05) is 25.1 Å². The number of nitrogens with two attached hydrogens (primary N) is 1. The van der Waals surface area contributed by atoms with Gasteiger partial charge in [0.05, 0.1) is 0 Å². The summed E-state index contributed by atoms with van der Waals surface area (Å²) in [7, 11) is 2.26. The van der Waals surface area contributed by atoms with Crippen LogP contribution in [0.5, 0.6) is 0 Å². The summed E-state index contributed by atoms with van der Waals surface area (Å²) in [5.74, 6) is 2.46. The highest BCUT2D eigenvalue weighted by Crippen LogP contribution is 2.45. The summed E-state index contributed by atoms with van der Waals surface area (Å²) in [4.78, 5) is 2.54. The van der Waals surface area contributed by atoms with E-state index < -0.39 is 0 Å². The molecule has 0 aromatic heterocycles. The van der Waals surface area contributed by atoms with E-state index in [2.05, 4.69) is 51.4 Å². The van der Waals surface area contributed by atoms with Gasteiger partial charge in [-0.25, -0.2) is 0 Å². The molecule has 3 heteroatoms. The maximum absolute atomic E-state index is 6.15. The van der Waals surface area contributed by atoms with Crippen LogP contribution in [0.3, 0.4) is 0 Å². The first-order valence-electron chi connectivity index (χ1n) is 6.42. The van der Waals surface area contributed by atoms with Crippen molar-refractivity contribution in [1.82, 2.24) is 4.90 Å². The predicted molar refractivity (Wildman–Crippen MR) is 75.0 cm³/mol. The van der Waals surface area contributed by atoms with Crippen LogP contribution in [0, 0.1) is 5.41 Å². The zero-order valence-electron chi connectivity index (χ0n) is 11.5. The van der Waals surface area contributed by atoms with Crippen molar-refractivity contribution in [2.24, 2.45) is 11.1 Å². The Balaban J connectivity index is 2.98. The molecule has 1 aliphatic rings. The van der Waals surface area contributed by atoms with E-state index >= 15 is 0 Å². The van der Waals surface area contributed by atoms with Gasteiger partial charge in [0.25, 0.3) is 0 Å². The Morgan fingerprint density at radius 2 is 2.06 bits per heavy atom. The lowest BCUT2D eigenvalue weighted by Crippen LogP contribution is -2.66. The fourth-order valence-electron chi connectivity index (χ4n) is 2.75. The SMILES string of the molecule is CCC(C)N(C)C1(CN)CSCCC1(C)C. The van der Waals surface area contributed by atoms with Crippen molar-refractivity contribution in [2.45, 2.75) is 52.1 Å². The second-order valence-corrected chi connectivity index (χ2v) is 6.90. The monoisotopic (exact) mass is 244 g/mol. The highest BCUT2D eigenvalue weighted by Gasteiger charge is 2.49. The topological polar surface area (TPSA) is 29.3 Å². The van der Waals surface area contributed by atoms with E-state index in [9.17, 15) is 0 Å². The smallest absolute Gasteiger partial charge is 0.0472 e.